The van der Waals surface area contributed by atoms with Crippen LogP contribution in [0.3, 0.4) is 0 Å². The van der Waals surface area contributed by atoms with Crippen LogP contribution in [0.2, 0.25) is 5.02 Å². The van der Waals surface area contributed by atoms with Crippen LogP contribution in [0.5, 0.6) is 0 Å². The predicted octanol–water partition coefficient (Wildman–Crippen LogP) is 2.20. The molecule has 1 heterocycles. The van der Waals surface area contributed by atoms with Gasteiger partial charge >= 0.3 is 6.09 Å². The largest absolute Gasteiger partial charge is 0.449 e. The average molecular weight is 340 g/mol. The SMILES string of the molecule is CN(C)CCN1CCN(C(=O)OCCc2cccc(Cl)c2)CC1. The van der Waals surface area contributed by atoms with Crippen molar-refractivity contribution in [3.63, 3.8) is 0 Å². The molecule has 1 fully saturated rings. The maximum Gasteiger partial charge on any atom is 0.409 e. The van der Waals surface area contributed by atoms with Gasteiger partial charge in [-0.3, -0.25) is 4.90 Å². The molecule has 1 aliphatic rings. The number of halogens is 1. The molecule has 0 atom stereocenters. The van der Waals surface area contributed by atoms with Crippen molar-refractivity contribution in [1.29, 1.82) is 0 Å². The van der Waals surface area contributed by atoms with Crippen molar-refractivity contribution in [2.45, 2.75) is 6.42 Å². The Bertz CT molecular complexity index is 502. The molecular weight excluding hydrogens is 314 g/mol. The van der Waals surface area contributed by atoms with E-state index in [0.717, 1.165) is 44.8 Å². The molecule has 0 saturated carbocycles. The third-order valence-electron chi connectivity index (χ3n) is 4.00. The quantitative estimate of drug-likeness (QED) is 0.796. The Morgan fingerprint density at radius 3 is 2.65 bits per heavy atom. The maximum absolute atomic E-state index is 12.1. The molecule has 0 unspecified atom stereocenters. The Morgan fingerprint density at radius 2 is 2.00 bits per heavy atom. The number of benzene rings is 1. The highest BCUT2D eigenvalue weighted by atomic mass is 35.5. The molecule has 128 valence electrons. The summed E-state index contributed by atoms with van der Waals surface area (Å²) in [6, 6.07) is 7.64. The molecule has 5 nitrogen and oxygen atoms in total. The molecule has 23 heavy (non-hydrogen) atoms. The Morgan fingerprint density at radius 1 is 1.26 bits per heavy atom. The molecule has 1 aromatic rings. The highest BCUT2D eigenvalue weighted by Gasteiger charge is 2.21. The summed E-state index contributed by atoms with van der Waals surface area (Å²) in [5.74, 6) is 0. The Kier molecular flexibility index (Phi) is 7.15. The molecule has 1 aromatic carbocycles. The molecule has 0 radical (unpaired) electrons. The van der Waals surface area contributed by atoms with Crippen LogP contribution in [0.25, 0.3) is 0 Å². The lowest BCUT2D eigenvalue weighted by atomic mass is 10.2. The topological polar surface area (TPSA) is 36.0 Å². The minimum absolute atomic E-state index is 0.209. The smallest absolute Gasteiger partial charge is 0.409 e. The van der Waals surface area contributed by atoms with Gasteiger partial charge in [0.1, 0.15) is 0 Å². The summed E-state index contributed by atoms with van der Waals surface area (Å²) in [6.07, 6.45) is 0.481. The van der Waals surface area contributed by atoms with E-state index in [1.807, 2.05) is 24.3 Å². The van der Waals surface area contributed by atoms with Gasteiger partial charge in [-0.2, -0.15) is 0 Å². The van der Waals surface area contributed by atoms with E-state index in [-0.39, 0.29) is 6.09 Å². The number of amides is 1. The number of nitrogens with zero attached hydrogens (tertiary/aromatic N) is 3. The molecule has 2 rings (SSSR count). The van der Waals surface area contributed by atoms with E-state index in [1.165, 1.54) is 0 Å². The van der Waals surface area contributed by atoms with Crippen molar-refractivity contribution in [2.24, 2.45) is 0 Å². The van der Waals surface area contributed by atoms with Crippen LogP contribution < -0.4 is 0 Å². The summed E-state index contributed by atoms with van der Waals surface area (Å²) in [7, 11) is 4.15. The van der Waals surface area contributed by atoms with Crippen LogP contribution in [0.1, 0.15) is 5.56 Å². The fourth-order valence-electron chi connectivity index (χ4n) is 2.54. The van der Waals surface area contributed by atoms with Crippen LogP contribution >= 0.6 is 11.6 Å². The third kappa shape index (κ3) is 6.37. The van der Waals surface area contributed by atoms with Gasteiger partial charge in [0.15, 0.2) is 0 Å². The fourth-order valence-corrected chi connectivity index (χ4v) is 2.75. The fraction of sp³-hybridized carbons (Fsp3) is 0.588. The average Bonchev–Trinajstić information content (AvgIpc) is 2.53. The Labute approximate surface area is 143 Å². The lowest BCUT2D eigenvalue weighted by Crippen LogP contribution is -2.50. The van der Waals surface area contributed by atoms with E-state index in [2.05, 4.69) is 23.9 Å². The molecular formula is C17H26ClN3O2. The van der Waals surface area contributed by atoms with Crippen LogP contribution in [-0.2, 0) is 11.2 Å². The molecule has 6 heteroatoms. The van der Waals surface area contributed by atoms with E-state index in [1.54, 1.807) is 4.90 Å². The predicted molar refractivity (Wildman–Crippen MR) is 93.1 cm³/mol. The lowest BCUT2D eigenvalue weighted by Gasteiger charge is -2.34. The summed E-state index contributed by atoms with van der Waals surface area (Å²) in [5, 5.41) is 0.711. The molecule has 0 bridgehead atoms. The number of carbonyl (C=O) groups is 1. The van der Waals surface area contributed by atoms with Gasteiger partial charge < -0.3 is 14.5 Å². The first kappa shape index (κ1) is 18.0. The highest BCUT2D eigenvalue weighted by Crippen LogP contribution is 2.11. The van der Waals surface area contributed by atoms with Gasteiger partial charge in [-0.1, -0.05) is 23.7 Å². The minimum atomic E-state index is -0.209. The van der Waals surface area contributed by atoms with Gasteiger partial charge in [-0.05, 0) is 31.8 Å². The highest BCUT2D eigenvalue weighted by molar-refractivity contribution is 6.30. The molecule has 0 spiro atoms. The van der Waals surface area contributed by atoms with Crippen molar-refractivity contribution >= 4 is 17.7 Å². The van der Waals surface area contributed by atoms with E-state index in [4.69, 9.17) is 16.3 Å². The first-order chi connectivity index (χ1) is 11.0. The summed E-state index contributed by atoms with van der Waals surface area (Å²) in [5.41, 5.74) is 1.08. The van der Waals surface area contributed by atoms with Gasteiger partial charge in [0, 0.05) is 50.7 Å². The second kappa shape index (κ2) is 9.11. The zero-order valence-corrected chi connectivity index (χ0v) is 14.8. The number of ether oxygens (including phenoxy) is 1. The monoisotopic (exact) mass is 339 g/mol. The molecule has 0 N–H and O–H groups in total. The van der Waals surface area contributed by atoms with Crippen molar-refractivity contribution in [1.82, 2.24) is 14.7 Å². The van der Waals surface area contributed by atoms with E-state index in [0.29, 0.717) is 18.1 Å². The Balaban J connectivity index is 1.65. The van der Waals surface area contributed by atoms with Gasteiger partial charge in [0.2, 0.25) is 0 Å². The number of piperazine rings is 1. The van der Waals surface area contributed by atoms with Crippen molar-refractivity contribution in [3.8, 4) is 0 Å². The van der Waals surface area contributed by atoms with Gasteiger partial charge in [-0.25, -0.2) is 4.79 Å². The molecule has 0 aromatic heterocycles. The van der Waals surface area contributed by atoms with Crippen LogP contribution in [0, 0.1) is 0 Å². The molecule has 1 amide bonds. The van der Waals surface area contributed by atoms with Crippen molar-refractivity contribution < 1.29 is 9.53 Å². The van der Waals surface area contributed by atoms with Crippen molar-refractivity contribution in [3.05, 3.63) is 34.9 Å². The summed E-state index contributed by atoms with van der Waals surface area (Å²) < 4.78 is 5.38. The lowest BCUT2D eigenvalue weighted by molar-refractivity contribution is 0.0754. The first-order valence-electron chi connectivity index (χ1n) is 8.08. The molecule has 1 saturated heterocycles. The number of hydrogen-bond donors (Lipinski definition) is 0. The molecule has 1 aliphatic heterocycles. The second-order valence-electron chi connectivity index (χ2n) is 6.13. The zero-order valence-electron chi connectivity index (χ0n) is 14.0. The number of likely N-dealkylation sites (N-methyl/N-ethyl adjacent to an activating group) is 1. The van der Waals surface area contributed by atoms with Crippen LogP contribution in [0.15, 0.2) is 24.3 Å². The number of hydrogen-bond acceptors (Lipinski definition) is 4. The second-order valence-corrected chi connectivity index (χ2v) is 6.56. The Hall–Kier alpha value is -1.30. The van der Waals surface area contributed by atoms with Crippen LogP contribution in [-0.4, -0.2) is 80.8 Å². The summed E-state index contributed by atoms with van der Waals surface area (Å²) in [6.45, 7) is 5.79. The summed E-state index contributed by atoms with van der Waals surface area (Å²) >= 11 is 5.94. The minimum Gasteiger partial charge on any atom is -0.449 e. The first-order valence-corrected chi connectivity index (χ1v) is 8.45. The number of carbonyl (C=O) groups excluding carboxylic acids is 1. The van der Waals surface area contributed by atoms with E-state index in [9.17, 15) is 4.79 Å². The third-order valence-corrected chi connectivity index (χ3v) is 4.23. The summed E-state index contributed by atoms with van der Waals surface area (Å²) in [4.78, 5) is 18.4. The normalized spacial score (nSPS) is 15.9. The van der Waals surface area contributed by atoms with Crippen LogP contribution in [0.4, 0.5) is 4.79 Å². The van der Waals surface area contributed by atoms with E-state index >= 15 is 0 Å². The van der Waals surface area contributed by atoms with Gasteiger partial charge in [-0.15, -0.1) is 0 Å². The molecule has 0 aliphatic carbocycles. The zero-order chi connectivity index (χ0) is 16.7. The van der Waals surface area contributed by atoms with Gasteiger partial charge in [0.25, 0.3) is 0 Å². The maximum atomic E-state index is 12.1. The van der Waals surface area contributed by atoms with Gasteiger partial charge in [0.05, 0.1) is 6.61 Å². The van der Waals surface area contributed by atoms with Crippen molar-refractivity contribution in [2.75, 3.05) is 60.0 Å². The number of rotatable bonds is 6. The van der Waals surface area contributed by atoms with E-state index < -0.39 is 0 Å². The standard InChI is InChI=1S/C17H26ClN3O2/c1-19(2)7-8-20-9-11-21(12-10-20)17(22)23-13-6-15-4-3-5-16(18)14-15/h3-5,14H,6-13H2,1-2H3.